The van der Waals surface area contributed by atoms with E-state index in [0.717, 1.165) is 31.2 Å². The summed E-state index contributed by atoms with van der Waals surface area (Å²) in [6.45, 7) is 0.376. The highest BCUT2D eigenvalue weighted by Gasteiger charge is 2.25. The van der Waals surface area contributed by atoms with Gasteiger partial charge in [0.25, 0.3) is 0 Å². The minimum atomic E-state index is -0.941. The summed E-state index contributed by atoms with van der Waals surface area (Å²) in [5, 5.41) is 8.87. The Kier molecular flexibility index (Phi) is 5.60. The van der Waals surface area contributed by atoms with Crippen LogP contribution in [-0.2, 0) is 11.2 Å². The predicted octanol–water partition coefficient (Wildman–Crippen LogP) is 2.72. The lowest BCUT2D eigenvalue weighted by molar-refractivity contribution is -0.132. The average Bonchev–Trinajstić information content (AvgIpc) is 3.04. The predicted molar refractivity (Wildman–Crippen MR) is 84.5 cm³/mol. The van der Waals surface area contributed by atoms with Crippen molar-refractivity contribution in [1.29, 1.82) is 0 Å². The lowest BCUT2D eigenvalue weighted by atomic mass is 10.1. The van der Waals surface area contributed by atoms with Crippen LogP contribution in [0.5, 0.6) is 0 Å². The van der Waals surface area contributed by atoms with Crippen LogP contribution in [0, 0.1) is 12.3 Å². The van der Waals surface area contributed by atoms with E-state index in [1.807, 2.05) is 4.90 Å². The van der Waals surface area contributed by atoms with Crippen molar-refractivity contribution < 1.29 is 14.7 Å². The van der Waals surface area contributed by atoms with E-state index >= 15 is 0 Å². The third-order valence-corrected chi connectivity index (χ3v) is 4.18. The van der Waals surface area contributed by atoms with Crippen molar-refractivity contribution in [1.82, 2.24) is 4.90 Å². The van der Waals surface area contributed by atoms with Crippen LogP contribution in [0.25, 0.3) is 0 Å². The number of carbonyl (C=O) groups is 2. The van der Waals surface area contributed by atoms with Crippen LogP contribution >= 0.6 is 0 Å². The molecule has 1 N–H and O–H groups in total. The first-order chi connectivity index (χ1) is 10.6. The Labute approximate surface area is 131 Å². The van der Waals surface area contributed by atoms with E-state index in [1.165, 1.54) is 0 Å². The van der Waals surface area contributed by atoms with Crippen molar-refractivity contribution in [3.8, 4) is 12.3 Å². The Hall–Kier alpha value is -2.28. The summed E-state index contributed by atoms with van der Waals surface area (Å²) in [5.74, 6) is 1.73. The second kappa shape index (κ2) is 7.65. The summed E-state index contributed by atoms with van der Waals surface area (Å²) in [7, 11) is 0. The molecule has 0 radical (unpaired) electrons. The Morgan fingerprint density at radius 2 is 1.86 bits per heavy atom. The number of hydrogen-bond acceptors (Lipinski definition) is 2. The van der Waals surface area contributed by atoms with Gasteiger partial charge in [0.1, 0.15) is 0 Å². The maximum atomic E-state index is 12.4. The number of hydrogen-bond donors (Lipinski definition) is 1. The zero-order chi connectivity index (χ0) is 15.9. The minimum Gasteiger partial charge on any atom is -0.478 e. The van der Waals surface area contributed by atoms with E-state index in [2.05, 4.69) is 5.92 Å². The first-order valence-electron chi connectivity index (χ1n) is 7.67. The number of aryl methyl sites for hydroxylation is 1. The fraction of sp³-hybridized carbons (Fsp3) is 0.444. The Morgan fingerprint density at radius 3 is 2.41 bits per heavy atom. The topological polar surface area (TPSA) is 57.6 Å². The van der Waals surface area contributed by atoms with Gasteiger partial charge in [0.2, 0.25) is 5.91 Å². The van der Waals surface area contributed by atoms with Gasteiger partial charge < -0.3 is 10.0 Å². The zero-order valence-corrected chi connectivity index (χ0v) is 12.6. The van der Waals surface area contributed by atoms with Gasteiger partial charge >= 0.3 is 5.97 Å². The van der Waals surface area contributed by atoms with Crippen LogP contribution in [0.1, 0.15) is 48.0 Å². The minimum absolute atomic E-state index is 0.0900. The number of carbonyl (C=O) groups excluding carboxylic acids is 1. The van der Waals surface area contributed by atoms with Crippen molar-refractivity contribution in [2.45, 2.75) is 44.6 Å². The van der Waals surface area contributed by atoms with Crippen molar-refractivity contribution in [3.05, 3.63) is 35.4 Å². The molecule has 4 heteroatoms. The van der Waals surface area contributed by atoms with E-state index in [4.69, 9.17) is 11.5 Å². The molecule has 0 aliphatic heterocycles. The standard InChI is InChI=1S/C18H21NO3/c1-2-13-19(16-5-3-4-6-16)17(20)12-9-14-7-10-15(11-8-14)18(21)22/h1,7-8,10-11,16H,3-6,9,12-13H2,(H,21,22). The summed E-state index contributed by atoms with van der Waals surface area (Å²) >= 11 is 0. The number of carboxylic acids is 1. The average molecular weight is 299 g/mol. The maximum absolute atomic E-state index is 12.4. The molecular weight excluding hydrogens is 278 g/mol. The van der Waals surface area contributed by atoms with Gasteiger partial charge in [-0.25, -0.2) is 4.79 Å². The van der Waals surface area contributed by atoms with Crippen LogP contribution in [-0.4, -0.2) is 34.5 Å². The summed E-state index contributed by atoms with van der Waals surface area (Å²) in [6, 6.07) is 6.95. The SMILES string of the molecule is C#CCN(C(=O)CCc1ccc(C(=O)O)cc1)C1CCCC1. The molecule has 0 bridgehead atoms. The highest BCUT2D eigenvalue weighted by Crippen LogP contribution is 2.24. The van der Waals surface area contributed by atoms with Crippen molar-refractivity contribution in [2.24, 2.45) is 0 Å². The number of benzene rings is 1. The van der Waals surface area contributed by atoms with Gasteiger partial charge in [-0.2, -0.15) is 0 Å². The van der Waals surface area contributed by atoms with Crippen LogP contribution < -0.4 is 0 Å². The van der Waals surface area contributed by atoms with Crippen LogP contribution in [0.15, 0.2) is 24.3 Å². The fourth-order valence-corrected chi connectivity index (χ4v) is 2.94. The molecule has 0 heterocycles. The van der Waals surface area contributed by atoms with Gasteiger partial charge in [-0.15, -0.1) is 6.42 Å². The molecule has 0 saturated heterocycles. The molecule has 1 aliphatic carbocycles. The molecule has 0 unspecified atom stereocenters. The molecule has 4 nitrogen and oxygen atoms in total. The van der Waals surface area contributed by atoms with Gasteiger partial charge in [0, 0.05) is 12.5 Å². The molecule has 0 aromatic heterocycles. The quantitative estimate of drug-likeness (QED) is 0.822. The van der Waals surface area contributed by atoms with Crippen LogP contribution in [0.4, 0.5) is 0 Å². The second-order valence-electron chi connectivity index (χ2n) is 5.67. The maximum Gasteiger partial charge on any atom is 0.335 e. The molecule has 1 saturated carbocycles. The number of aromatic carboxylic acids is 1. The van der Waals surface area contributed by atoms with E-state index in [0.29, 0.717) is 19.4 Å². The fourth-order valence-electron chi connectivity index (χ4n) is 2.94. The van der Waals surface area contributed by atoms with E-state index < -0.39 is 5.97 Å². The van der Waals surface area contributed by atoms with Crippen molar-refractivity contribution in [2.75, 3.05) is 6.54 Å². The zero-order valence-electron chi connectivity index (χ0n) is 12.6. The molecule has 0 atom stereocenters. The van der Waals surface area contributed by atoms with Gasteiger partial charge in [0.05, 0.1) is 12.1 Å². The summed E-state index contributed by atoms with van der Waals surface area (Å²) in [5.41, 5.74) is 1.22. The Balaban J connectivity index is 1.92. The second-order valence-corrected chi connectivity index (χ2v) is 5.67. The number of carboxylic acid groups (broad SMARTS) is 1. The van der Waals surface area contributed by atoms with Gasteiger partial charge in [0.15, 0.2) is 0 Å². The number of terminal acetylenes is 1. The largest absolute Gasteiger partial charge is 0.478 e. The lowest BCUT2D eigenvalue weighted by Gasteiger charge is -2.27. The van der Waals surface area contributed by atoms with Gasteiger partial charge in [-0.05, 0) is 37.0 Å². The number of rotatable bonds is 6. The van der Waals surface area contributed by atoms with Crippen LogP contribution in [0.3, 0.4) is 0 Å². The molecule has 22 heavy (non-hydrogen) atoms. The number of amides is 1. The summed E-state index contributed by atoms with van der Waals surface area (Å²) in [6.07, 6.45) is 10.8. The molecule has 1 aliphatic rings. The molecule has 1 aromatic rings. The molecule has 1 fully saturated rings. The lowest BCUT2D eigenvalue weighted by Crippen LogP contribution is -2.39. The summed E-state index contributed by atoms with van der Waals surface area (Å²) < 4.78 is 0. The summed E-state index contributed by atoms with van der Waals surface area (Å²) in [4.78, 5) is 25.0. The highest BCUT2D eigenvalue weighted by molar-refractivity contribution is 5.87. The van der Waals surface area contributed by atoms with Gasteiger partial charge in [-0.1, -0.05) is 30.9 Å². The van der Waals surface area contributed by atoms with E-state index in [-0.39, 0.29) is 17.5 Å². The monoisotopic (exact) mass is 299 g/mol. The van der Waals surface area contributed by atoms with E-state index in [1.54, 1.807) is 24.3 Å². The first kappa shape index (κ1) is 16.1. The van der Waals surface area contributed by atoms with Crippen LogP contribution in [0.2, 0.25) is 0 Å². The van der Waals surface area contributed by atoms with Crippen molar-refractivity contribution in [3.63, 3.8) is 0 Å². The normalized spacial score (nSPS) is 14.5. The first-order valence-corrected chi connectivity index (χ1v) is 7.67. The molecular formula is C18H21NO3. The third-order valence-electron chi connectivity index (χ3n) is 4.18. The third kappa shape index (κ3) is 4.11. The van der Waals surface area contributed by atoms with Crippen molar-refractivity contribution >= 4 is 11.9 Å². The molecule has 0 spiro atoms. The number of nitrogens with zero attached hydrogens (tertiary/aromatic N) is 1. The molecule has 1 amide bonds. The molecule has 1 aromatic carbocycles. The smallest absolute Gasteiger partial charge is 0.335 e. The van der Waals surface area contributed by atoms with E-state index in [9.17, 15) is 9.59 Å². The molecule has 116 valence electrons. The molecule has 2 rings (SSSR count). The Bertz CT molecular complexity index is 565. The van der Waals surface area contributed by atoms with Gasteiger partial charge in [-0.3, -0.25) is 4.79 Å². The Morgan fingerprint density at radius 1 is 1.23 bits per heavy atom. The highest BCUT2D eigenvalue weighted by atomic mass is 16.4.